The number of hydrogen-bond donors (Lipinski definition) is 1. The fraction of sp³-hybridized carbons (Fsp3) is 0.500. The molecule has 0 aliphatic carbocycles. The molecule has 1 N–H and O–H groups in total. The van der Waals surface area contributed by atoms with Gasteiger partial charge in [-0.1, -0.05) is 19.1 Å². The van der Waals surface area contributed by atoms with Gasteiger partial charge in [0.1, 0.15) is 5.75 Å². The molecule has 5 nitrogen and oxygen atoms in total. The van der Waals surface area contributed by atoms with E-state index in [4.69, 9.17) is 4.74 Å². The Labute approximate surface area is 159 Å². The number of hydrogen-bond acceptors (Lipinski definition) is 5. The van der Waals surface area contributed by atoms with Crippen LogP contribution in [0.1, 0.15) is 36.6 Å². The monoisotopic (exact) mass is 373 g/mol. The number of nitrogens with one attached hydrogen (secondary N) is 1. The molecule has 1 aliphatic heterocycles. The number of rotatable bonds is 6. The van der Waals surface area contributed by atoms with E-state index in [0.717, 1.165) is 48.1 Å². The van der Waals surface area contributed by atoms with Crippen molar-refractivity contribution in [2.45, 2.75) is 39.7 Å². The molecular weight excluding hydrogens is 346 g/mol. The zero-order valence-electron chi connectivity index (χ0n) is 15.7. The summed E-state index contributed by atoms with van der Waals surface area (Å²) < 4.78 is 5.32. The molecule has 1 amide bonds. The molecule has 2 heterocycles. The predicted octanol–water partition coefficient (Wildman–Crippen LogP) is 3.87. The standard InChI is InChI=1S/C20H27N3O2S/c1-14-5-4-8-23(11-14)12-17-13-26-20(21-17)22-19(24)10-16-7-6-15(2)18(9-16)25-3/h6-7,9,13-14H,4-5,8,10-12H2,1-3H3,(H,21,22,24). The van der Waals surface area contributed by atoms with Crippen LogP contribution in [0.4, 0.5) is 5.13 Å². The number of thiazole rings is 1. The Bertz CT molecular complexity index is 759. The summed E-state index contributed by atoms with van der Waals surface area (Å²) in [5.41, 5.74) is 3.04. The number of ether oxygens (including phenoxy) is 1. The summed E-state index contributed by atoms with van der Waals surface area (Å²) in [6.45, 7) is 7.43. The van der Waals surface area contributed by atoms with Crippen LogP contribution in [0.5, 0.6) is 5.75 Å². The minimum Gasteiger partial charge on any atom is -0.496 e. The van der Waals surface area contributed by atoms with Crippen LogP contribution in [0.15, 0.2) is 23.6 Å². The maximum absolute atomic E-state index is 12.3. The van der Waals surface area contributed by atoms with E-state index in [-0.39, 0.29) is 5.91 Å². The summed E-state index contributed by atoms with van der Waals surface area (Å²) in [6, 6.07) is 5.85. The van der Waals surface area contributed by atoms with Gasteiger partial charge in [0.05, 0.1) is 19.2 Å². The molecule has 0 saturated carbocycles. The van der Waals surface area contributed by atoms with Gasteiger partial charge in [-0.2, -0.15) is 0 Å². The Balaban J connectivity index is 1.54. The van der Waals surface area contributed by atoms with E-state index in [2.05, 4.69) is 22.1 Å². The van der Waals surface area contributed by atoms with Gasteiger partial charge in [0.15, 0.2) is 5.13 Å². The second-order valence-electron chi connectivity index (χ2n) is 7.16. The first-order valence-corrected chi connectivity index (χ1v) is 10.0. The molecule has 1 aliphatic rings. The number of benzene rings is 1. The molecular formula is C20H27N3O2S. The highest BCUT2D eigenvalue weighted by Crippen LogP contribution is 2.22. The summed E-state index contributed by atoms with van der Waals surface area (Å²) in [7, 11) is 1.65. The third-order valence-corrected chi connectivity index (χ3v) is 5.57. The summed E-state index contributed by atoms with van der Waals surface area (Å²) in [4.78, 5) is 19.3. The van der Waals surface area contributed by atoms with Crippen molar-refractivity contribution in [3.8, 4) is 5.75 Å². The van der Waals surface area contributed by atoms with Gasteiger partial charge in [-0.15, -0.1) is 11.3 Å². The molecule has 140 valence electrons. The largest absolute Gasteiger partial charge is 0.496 e. The zero-order chi connectivity index (χ0) is 18.5. The Kier molecular flexibility index (Phi) is 6.27. The molecule has 1 saturated heterocycles. The first-order chi connectivity index (χ1) is 12.5. The van der Waals surface area contributed by atoms with E-state index in [1.807, 2.05) is 30.5 Å². The summed E-state index contributed by atoms with van der Waals surface area (Å²) >= 11 is 1.49. The maximum Gasteiger partial charge on any atom is 0.230 e. The normalized spacial score (nSPS) is 17.9. The van der Waals surface area contributed by atoms with E-state index in [1.54, 1.807) is 7.11 Å². The molecule has 1 aromatic heterocycles. The minimum absolute atomic E-state index is 0.0524. The van der Waals surface area contributed by atoms with Crippen molar-refractivity contribution in [3.05, 3.63) is 40.4 Å². The van der Waals surface area contributed by atoms with E-state index in [1.165, 1.54) is 24.2 Å². The van der Waals surface area contributed by atoms with Crippen molar-refractivity contribution < 1.29 is 9.53 Å². The Morgan fingerprint density at radius 2 is 2.31 bits per heavy atom. The molecule has 0 radical (unpaired) electrons. The number of piperidine rings is 1. The molecule has 3 rings (SSSR count). The van der Waals surface area contributed by atoms with Gasteiger partial charge in [0, 0.05) is 18.5 Å². The predicted molar refractivity (Wildman–Crippen MR) is 106 cm³/mol. The van der Waals surface area contributed by atoms with Gasteiger partial charge >= 0.3 is 0 Å². The highest BCUT2D eigenvalue weighted by Gasteiger charge is 2.17. The van der Waals surface area contributed by atoms with Crippen LogP contribution in [0.3, 0.4) is 0 Å². The number of aryl methyl sites for hydroxylation is 1. The van der Waals surface area contributed by atoms with Gasteiger partial charge in [-0.25, -0.2) is 4.98 Å². The van der Waals surface area contributed by atoms with E-state index in [9.17, 15) is 4.79 Å². The number of methoxy groups -OCH3 is 1. The van der Waals surface area contributed by atoms with Crippen LogP contribution >= 0.6 is 11.3 Å². The number of carbonyl (C=O) groups excluding carboxylic acids is 1. The number of amides is 1. The lowest BCUT2D eigenvalue weighted by Gasteiger charge is -2.30. The average molecular weight is 374 g/mol. The lowest BCUT2D eigenvalue weighted by molar-refractivity contribution is -0.115. The fourth-order valence-corrected chi connectivity index (χ4v) is 4.14. The van der Waals surface area contributed by atoms with Crippen molar-refractivity contribution in [1.29, 1.82) is 0 Å². The quantitative estimate of drug-likeness (QED) is 0.835. The van der Waals surface area contributed by atoms with Crippen molar-refractivity contribution >= 4 is 22.4 Å². The van der Waals surface area contributed by atoms with Crippen molar-refractivity contribution in [2.75, 3.05) is 25.5 Å². The first-order valence-electron chi connectivity index (χ1n) is 9.13. The third kappa shape index (κ3) is 5.05. The number of aromatic nitrogens is 1. The highest BCUT2D eigenvalue weighted by atomic mass is 32.1. The van der Waals surface area contributed by atoms with Crippen molar-refractivity contribution in [3.63, 3.8) is 0 Å². The zero-order valence-corrected chi connectivity index (χ0v) is 16.6. The second-order valence-corrected chi connectivity index (χ2v) is 8.01. The highest BCUT2D eigenvalue weighted by molar-refractivity contribution is 7.13. The Morgan fingerprint density at radius 1 is 1.46 bits per heavy atom. The summed E-state index contributed by atoms with van der Waals surface area (Å²) in [5, 5.41) is 5.64. The van der Waals surface area contributed by atoms with Crippen LogP contribution in [-0.2, 0) is 17.8 Å². The van der Waals surface area contributed by atoms with Gasteiger partial charge in [0.25, 0.3) is 0 Å². The minimum atomic E-state index is -0.0524. The van der Waals surface area contributed by atoms with Crippen LogP contribution in [0, 0.1) is 12.8 Å². The third-order valence-electron chi connectivity index (χ3n) is 4.76. The Morgan fingerprint density at radius 3 is 3.08 bits per heavy atom. The van der Waals surface area contributed by atoms with Gasteiger partial charge in [-0.05, 0) is 49.4 Å². The number of anilines is 1. The Hall–Kier alpha value is -1.92. The second kappa shape index (κ2) is 8.64. The number of carbonyl (C=O) groups is 1. The van der Waals surface area contributed by atoms with Crippen LogP contribution < -0.4 is 10.1 Å². The molecule has 1 atom stereocenters. The van der Waals surface area contributed by atoms with Crippen LogP contribution in [0.25, 0.3) is 0 Å². The molecule has 1 aromatic carbocycles. The number of likely N-dealkylation sites (tertiary alicyclic amines) is 1. The van der Waals surface area contributed by atoms with E-state index in [0.29, 0.717) is 11.6 Å². The lowest BCUT2D eigenvalue weighted by Crippen LogP contribution is -2.33. The van der Waals surface area contributed by atoms with Crippen LogP contribution in [-0.4, -0.2) is 36.0 Å². The molecule has 0 bridgehead atoms. The SMILES string of the molecule is COc1cc(CC(=O)Nc2nc(CN3CCCC(C)C3)cs2)ccc1C. The smallest absolute Gasteiger partial charge is 0.230 e. The van der Waals surface area contributed by atoms with Gasteiger partial charge in [0.2, 0.25) is 5.91 Å². The topological polar surface area (TPSA) is 54.5 Å². The molecule has 1 fully saturated rings. The molecule has 6 heteroatoms. The maximum atomic E-state index is 12.3. The van der Waals surface area contributed by atoms with Crippen molar-refractivity contribution in [1.82, 2.24) is 9.88 Å². The average Bonchev–Trinajstić information content (AvgIpc) is 3.03. The number of nitrogens with zero attached hydrogens (tertiary/aromatic N) is 2. The molecule has 2 aromatic rings. The molecule has 0 spiro atoms. The van der Waals surface area contributed by atoms with Crippen LogP contribution in [0.2, 0.25) is 0 Å². The summed E-state index contributed by atoms with van der Waals surface area (Å²) in [5.74, 6) is 1.51. The van der Waals surface area contributed by atoms with E-state index >= 15 is 0 Å². The fourth-order valence-electron chi connectivity index (χ4n) is 3.42. The van der Waals surface area contributed by atoms with E-state index < -0.39 is 0 Å². The summed E-state index contributed by atoms with van der Waals surface area (Å²) in [6.07, 6.45) is 2.89. The van der Waals surface area contributed by atoms with Gasteiger partial charge < -0.3 is 10.1 Å². The molecule has 1 unspecified atom stereocenters. The first kappa shape index (κ1) is 18.9. The van der Waals surface area contributed by atoms with Crippen molar-refractivity contribution in [2.24, 2.45) is 5.92 Å². The molecule has 26 heavy (non-hydrogen) atoms. The van der Waals surface area contributed by atoms with Gasteiger partial charge in [-0.3, -0.25) is 9.69 Å². The lowest BCUT2D eigenvalue weighted by atomic mass is 10.0.